The summed E-state index contributed by atoms with van der Waals surface area (Å²) in [6, 6.07) is 4.57. The summed E-state index contributed by atoms with van der Waals surface area (Å²) in [4.78, 5) is 16.2. The molecule has 2 aromatic rings. The molecule has 0 bridgehead atoms. The summed E-state index contributed by atoms with van der Waals surface area (Å²) in [7, 11) is 0. The van der Waals surface area contributed by atoms with E-state index in [2.05, 4.69) is 4.98 Å². The Morgan fingerprint density at radius 1 is 1.53 bits per heavy atom. The predicted molar refractivity (Wildman–Crippen MR) is 74.5 cm³/mol. The van der Waals surface area contributed by atoms with Crippen LogP contribution in [-0.4, -0.2) is 22.7 Å². The molecule has 0 fully saturated rings. The highest BCUT2D eigenvalue weighted by Gasteiger charge is 2.09. The van der Waals surface area contributed by atoms with Crippen LogP contribution < -0.4 is 4.74 Å². The van der Waals surface area contributed by atoms with E-state index >= 15 is 0 Å². The van der Waals surface area contributed by atoms with E-state index < -0.39 is 5.97 Å². The number of thiazole rings is 1. The fourth-order valence-corrected chi connectivity index (χ4v) is 2.60. The molecular weight excluding hydrogens is 286 g/mol. The lowest BCUT2D eigenvalue weighted by molar-refractivity contribution is 0.0697. The number of rotatable bonds is 5. The number of hydrogen-bond acceptors (Lipinski definition) is 4. The van der Waals surface area contributed by atoms with Gasteiger partial charge in [-0.2, -0.15) is 0 Å². The quantitative estimate of drug-likeness (QED) is 0.918. The Morgan fingerprint density at radius 3 is 2.89 bits per heavy atom. The first kappa shape index (κ1) is 13.8. The van der Waals surface area contributed by atoms with Crippen molar-refractivity contribution < 1.29 is 14.6 Å². The van der Waals surface area contributed by atoms with Crippen molar-refractivity contribution in [3.05, 3.63) is 44.9 Å². The van der Waals surface area contributed by atoms with Crippen molar-refractivity contribution in [1.29, 1.82) is 0 Å². The minimum atomic E-state index is -1.04. The van der Waals surface area contributed by atoms with Crippen molar-refractivity contribution in [2.24, 2.45) is 0 Å². The van der Waals surface area contributed by atoms with E-state index in [0.717, 1.165) is 12.1 Å². The molecule has 0 radical (unpaired) electrons. The molecule has 0 aliphatic rings. The molecule has 0 atom stereocenters. The summed E-state index contributed by atoms with van der Waals surface area (Å²) < 4.78 is 5.55. The van der Waals surface area contributed by atoms with Crippen LogP contribution in [0.25, 0.3) is 0 Å². The molecule has 6 heteroatoms. The zero-order valence-electron chi connectivity index (χ0n) is 10.2. The van der Waals surface area contributed by atoms with Crippen LogP contribution in [0.5, 0.6) is 5.75 Å². The standard InChI is InChI=1S/C13H12ClNO3S/c1-8-12(19-7-15-8)4-5-18-9-2-3-10(13(16)17)11(14)6-9/h2-3,6-7H,4-5H2,1H3,(H,16,17). The zero-order chi connectivity index (χ0) is 13.8. The topological polar surface area (TPSA) is 59.4 Å². The Balaban J connectivity index is 1.95. The number of hydrogen-bond donors (Lipinski definition) is 1. The maximum Gasteiger partial charge on any atom is 0.337 e. The third-order valence-corrected chi connectivity index (χ3v) is 3.92. The summed E-state index contributed by atoms with van der Waals surface area (Å²) in [6.45, 7) is 2.47. The lowest BCUT2D eigenvalue weighted by Gasteiger charge is -2.07. The van der Waals surface area contributed by atoms with Gasteiger partial charge in [-0.1, -0.05) is 11.6 Å². The van der Waals surface area contributed by atoms with E-state index in [4.69, 9.17) is 21.4 Å². The van der Waals surface area contributed by atoms with E-state index in [9.17, 15) is 4.79 Å². The molecule has 4 nitrogen and oxygen atoms in total. The second-order valence-corrected chi connectivity index (χ2v) is 5.25. The van der Waals surface area contributed by atoms with E-state index in [-0.39, 0.29) is 10.6 Å². The van der Waals surface area contributed by atoms with Gasteiger partial charge >= 0.3 is 5.97 Å². The van der Waals surface area contributed by atoms with Gasteiger partial charge in [-0.15, -0.1) is 11.3 Å². The van der Waals surface area contributed by atoms with E-state index in [0.29, 0.717) is 12.4 Å². The number of nitrogens with zero attached hydrogens (tertiary/aromatic N) is 1. The molecule has 1 aromatic heterocycles. The SMILES string of the molecule is Cc1ncsc1CCOc1ccc(C(=O)O)c(Cl)c1. The summed E-state index contributed by atoms with van der Waals surface area (Å²) in [5.41, 5.74) is 2.91. The monoisotopic (exact) mass is 297 g/mol. The van der Waals surface area contributed by atoms with Gasteiger partial charge in [-0.25, -0.2) is 9.78 Å². The van der Waals surface area contributed by atoms with Crippen LogP contribution in [0.2, 0.25) is 5.02 Å². The molecule has 0 aliphatic heterocycles. The lowest BCUT2D eigenvalue weighted by Crippen LogP contribution is -2.02. The van der Waals surface area contributed by atoms with Crippen molar-refractivity contribution >= 4 is 28.9 Å². The first-order valence-corrected chi connectivity index (χ1v) is 6.88. The van der Waals surface area contributed by atoms with E-state index in [1.165, 1.54) is 17.0 Å². The van der Waals surface area contributed by atoms with Gasteiger partial charge < -0.3 is 9.84 Å². The molecule has 0 saturated carbocycles. The number of carboxylic acids is 1. The van der Waals surface area contributed by atoms with Gasteiger partial charge in [0.15, 0.2) is 0 Å². The highest BCUT2D eigenvalue weighted by Crippen LogP contribution is 2.23. The average Bonchev–Trinajstić information content (AvgIpc) is 2.75. The Bertz CT molecular complexity index is 597. The van der Waals surface area contributed by atoms with Gasteiger partial charge in [0, 0.05) is 11.3 Å². The minimum absolute atomic E-state index is 0.0762. The average molecular weight is 298 g/mol. The highest BCUT2D eigenvalue weighted by molar-refractivity contribution is 7.09. The van der Waals surface area contributed by atoms with Crippen molar-refractivity contribution in [1.82, 2.24) is 4.98 Å². The van der Waals surface area contributed by atoms with E-state index in [1.54, 1.807) is 17.4 Å². The van der Waals surface area contributed by atoms with Crippen molar-refractivity contribution in [3.63, 3.8) is 0 Å². The van der Waals surface area contributed by atoms with Crippen LogP contribution in [0.1, 0.15) is 20.9 Å². The van der Waals surface area contributed by atoms with Crippen LogP contribution >= 0.6 is 22.9 Å². The Hall–Kier alpha value is -1.59. The number of halogens is 1. The molecule has 0 amide bonds. The minimum Gasteiger partial charge on any atom is -0.493 e. The molecule has 2 rings (SSSR count). The largest absolute Gasteiger partial charge is 0.493 e. The van der Waals surface area contributed by atoms with Gasteiger partial charge in [0.2, 0.25) is 0 Å². The first-order chi connectivity index (χ1) is 9.08. The number of carboxylic acid groups (broad SMARTS) is 1. The molecule has 19 heavy (non-hydrogen) atoms. The zero-order valence-corrected chi connectivity index (χ0v) is 11.8. The second kappa shape index (κ2) is 6.04. The maximum absolute atomic E-state index is 10.8. The van der Waals surface area contributed by atoms with Crippen LogP contribution in [0.4, 0.5) is 0 Å². The fourth-order valence-electron chi connectivity index (χ4n) is 1.59. The summed E-state index contributed by atoms with van der Waals surface area (Å²) in [5, 5.41) is 9.04. The number of carbonyl (C=O) groups is 1. The van der Waals surface area contributed by atoms with Crippen molar-refractivity contribution in [2.75, 3.05) is 6.61 Å². The van der Waals surface area contributed by atoms with Gasteiger partial charge in [0.25, 0.3) is 0 Å². The third-order valence-electron chi connectivity index (χ3n) is 2.61. The molecule has 1 N–H and O–H groups in total. The highest BCUT2D eigenvalue weighted by atomic mass is 35.5. The van der Waals surface area contributed by atoms with Crippen LogP contribution in [-0.2, 0) is 6.42 Å². The molecule has 0 unspecified atom stereocenters. The Kier molecular flexibility index (Phi) is 4.39. The van der Waals surface area contributed by atoms with Crippen LogP contribution in [0, 0.1) is 6.92 Å². The molecule has 0 spiro atoms. The van der Waals surface area contributed by atoms with E-state index in [1.807, 2.05) is 12.4 Å². The lowest BCUT2D eigenvalue weighted by atomic mass is 10.2. The molecule has 1 aromatic carbocycles. The third kappa shape index (κ3) is 3.45. The second-order valence-electron chi connectivity index (χ2n) is 3.91. The molecule has 100 valence electrons. The van der Waals surface area contributed by atoms with Gasteiger partial charge in [0.1, 0.15) is 5.75 Å². The Morgan fingerprint density at radius 2 is 2.32 bits per heavy atom. The molecule has 0 aliphatic carbocycles. The molecular formula is C13H12ClNO3S. The van der Waals surface area contributed by atoms with Crippen LogP contribution in [0.3, 0.4) is 0 Å². The van der Waals surface area contributed by atoms with Gasteiger partial charge in [0.05, 0.1) is 28.4 Å². The van der Waals surface area contributed by atoms with Gasteiger partial charge in [-0.3, -0.25) is 0 Å². The number of benzene rings is 1. The summed E-state index contributed by atoms with van der Waals surface area (Å²) in [5.74, 6) is -0.478. The fraction of sp³-hybridized carbons (Fsp3) is 0.231. The number of ether oxygens (including phenoxy) is 1. The first-order valence-electron chi connectivity index (χ1n) is 5.62. The van der Waals surface area contributed by atoms with Gasteiger partial charge in [-0.05, 0) is 25.1 Å². The van der Waals surface area contributed by atoms with Crippen molar-refractivity contribution in [2.45, 2.75) is 13.3 Å². The van der Waals surface area contributed by atoms with Crippen molar-refractivity contribution in [3.8, 4) is 5.75 Å². The predicted octanol–water partition coefficient (Wildman–Crippen LogP) is 3.42. The van der Waals surface area contributed by atoms with Crippen LogP contribution in [0.15, 0.2) is 23.7 Å². The number of aryl methyl sites for hydroxylation is 1. The number of aromatic carboxylic acids is 1. The summed E-state index contributed by atoms with van der Waals surface area (Å²) >= 11 is 7.46. The summed E-state index contributed by atoms with van der Waals surface area (Å²) in [6.07, 6.45) is 0.773. The number of aromatic nitrogens is 1. The normalized spacial score (nSPS) is 10.4. The maximum atomic E-state index is 10.8. The smallest absolute Gasteiger partial charge is 0.337 e. The Labute approximate surface area is 119 Å². The molecule has 1 heterocycles. The molecule has 0 saturated heterocycles.